The van der Waals surface area contributed by atoms with Gasteiger partial charge < -0.3 is 15.0 Å². The van der Waals surface area contributed by atoms with Crippen molar-refractivity contribution < 1.29 is 14.3 Å². The first-order chi connectivity index (χ1) is 15.5. The van der Waals surface area contributed by atoms with Crippen molar-refractivity contribution in [3.05, 3.63) is 62.1 Å². The van der Waals surface area contributed by atoms with Gasteiger partial charge in [0.25, 0.3) is 5.91 Å². The van der Waals surface area contributed by atoms with E-state index in [9.17, 15) is 9.59 Å². The van der Waals surface area contributed by atoms with Crippen molar-refractivity contribution in [2.24, 2.45) is 5.92 Å². The standard InChI is InChI=1S/C25H31Cl3N2O3/c1-6-22(25(32)29-12-15(2)3)30(13-18-7-8-20(26)21(27)11-18)23(31)14-33-19-9-16(4)24(28)17(5)10-19/h7-11,15,22H,6,12-14H2,1-5H3,(H,29,32)/t22-/m0/s1. The minimum absolute atomic E-state index is 0.196. The summed E-state index contributed by atoms with van der Waals surface area (Å²) >= 11 is 18.4. The van der Waals surface area contributed by atoms with Gasteiger partial charge >= 0.3 is 0 Å². The number of carbonyl (C=O) groups is 2. The van der Waals surface area contributed by atoms with Crippen LogP contribution in [0.15, 0.2) is 30.3 Å². The van der Waals surface area contributed by atoms with Gasteiger partial charge in [0, 0.05) is 18.1 Å². The number of amides is 2. The normalized spacial score (nSPS) is 11.9. The number of ether oxygens (including phenoxy) is 1. The van der Waals surface area contributed by atoms with Gasteiger partial charge in [-0.3, -0.25) is 9.59 Å². The van der Waals surface area contributed by atoms with E-state index in [2.05, 4.69) is 5.32 Å². The largest absolute Gasteiger partial charge is 0.484 e. The van der Waals surface area contributed by atoms with E-state index < -0.39 is 6.04 Å². The average Bonchev–Trinajstić information content (AvgIpc) is 2.76. The maximum absolute atomic E-state index is 13.3. The molecule has 180 valence electrons. The van der Waals surface area contributed by atoms with Crippen LogP contribution in [0, 0.1) is 19.8 Å². The van der Waals surface area contributed by atoms with Gasteiger partial charge in [-0.05, 0) is 67.1 Å². The van der Waals surface area contributed by atoms with E-state index in [4.69, 9.17) is 39.5 Å². The fourth-order valence-corrected chi connectivity index (χ4v) is 3.82. The van der Waals surface area contributed by atoms with Crippen LogP contribution in [0.25, 0.3) is 0 Å². The molecular formula is C25H31Cl3N2O3. The molecule has 0 saturated heterocycles. The van der Waals surface area contributed by atoms with Gasteiger partial charge in [0.05, 0.1) is 10.0 Å². The predicted octanol–water partition coefficient (Wildman–Crippen LogP) is 6.22. The van der Waals surface area contributed by atoms with E-state index in [1.165, 1.54) is 4.90 Å². The molecule has 0 aliphatic carbocycles. The smallest absolute Gasteiger partial charge is 0.261 e. The van der Waals surface area contributed by atoms with Gasteiger partial charge in [0.15, 0.2) is 6.61 Å². The van der Waals surface area contributed by atoms with Crippen LogP contribution < -0.4 is 10.1 Å². The van der Waals surface area contributed by atoms with E-state index in [0.29, 0.717) is 39.7 Å². The fourth-order valence-electron chi connectivity index (χ4n) is 3.39. The Morgan fingerprint density at radius 2 is 1.67 bits per heavy atom. The number of nitrogens with one attached hydrogen (secondary N) is 1. The van der Waals surface area contributed by atoms with Crippen LogP contribution in [0.3, 0.4) is 0 Å². The predicted molar refractivity (Wildman–Crippen MR) is 135 cm³/mol. The lowest BCUT2D eigenvalue weighted by Gasteiger charge is -2.31. The number of benzene rings is 2. The Morgan fingerprint density at radius 3 is 2.21 bits per heavy atom. The zero-order valence-corrected chi connectivity index (χ0v) is 21.9. The second-order valence-corrected chi connectivity index (χ2v) is 9.69. The molecule has 2 rings (SSSR count). The third-order valence-corrected chi connectivity index (χ3v) is 6.51. The van der Waals surface area contributed by atoms with Crippen LogP contribution >= 0.6 is 34.8 Å². The maximum atomic E-state index is 13.3. The van der Waals surface area contributed by atoms with Gasteiger partial charge in [-0.1, -0.05) is 61.6 Å². The molecule has 0 spiro atoms. The molecule has 1 N–H and O–H groups in total. The highest BCUT2D eigenvalue weighted by Crippen LogP contribution is 2.27. The Morgan fingerprint density at radius 1 is 1.03 bits per heavy atom. The zero-order chi connectivity index (χ0) is 24.7. The molecule has 0 aromatic heterocycles. The second kappa shape index (κ2) is 12.5. The number of hydrogen-bond acceptors (Lipinski definition) is 3. The lowest BCUT2D eigenvalue weighted by atomic mass is 10.1. The molecule has 2 aromatic carbocycles. The van der Waals surface area contributed by atoms with Gasteiger partial charge in [0.2, 0.25) is 5.91 Å². The first-order valence-corrected chi connectivity index (χ1v) is 12.1. The molecule has 0 fully saturated rings. The van der Waals surface area contributed by atoms with Crippen molar-refractivity contribution in [3.8, 4) is 5.75 Å². The number of carbonyl (C=O) groups excluding carboxylic acids is 2. The number of aryl methyl sites for hydroxylation is 2. The lowest BCUT2D eigenvalue weighted by molar-refractivity contribution is -0.143. The van der Waals surface area contributed by atoms with Crippen molar-refractivity contribution >= 4 is 46.6 Å². The summed E-state index contributed by atoms with van der Waals surface area (Å²) in [6.07, 6.45) is 0.455. The van der Waals surface area contributed by atoms with Gasteiger partial charge in [-0.15, -0.1) is 0 Å². The fraction of sp³-hybridized carbons (Fsp3) is 0.440. The Kier molecular flexibility index (Phi) is 10.3. The molecule has 5 nitrogen and oxygen atoms in total. The summed E-state index contributed by atoms with van der Waals surface area (Å²) in [6.45, 7) is 10.2. The van der Waals surface area contributed by atoms with Crippen LogP contribution in [-0.2, 0) is 16.1 Å². The van der Waals surface area contributed by atoms with E-state index in [0.717, 1.165) is 16.7 Å². The summed E-state index contributed by atoms with van der Waals surface area (Å²) in [7, 11) is 0. The quantitative estimate of drug-likeness (QED) is 0.410. The van der Waals surface area contributed by atoms with Crippen LogP contribution in [0.1, 0.15) is 43.9 Å². The summed E-state index contributed by atoms with van der Waals surface area (Å²) in [4.78, 5) is 27.8. The van der Waals surface area contributed by atoms with Gasteiger partial charge in [-0.2, -0.15) is 0 Å². The Hall–Kier alpha value is -1.95. The molecule has 0 aliphatic rings. The van der Waals surface area contributed by atoms with E-state index in [-0.39, 0.29) is 25.0 Å². The summed E-state index contributed by atoms with van der Waals surface area (Å²) in [5, 5.41) is 4.42. The molecule has 0 unspecified atom stereocenters. The van der Waals surface area contributed by atoms with E-state index in [1.807, 2.05) is 34.6 Å². The summed E-state index contributed by atoms with van der Waals surface area (Å²) < 4.78 is 5.79. The van der Waals surface area contributed by atoms with Crippen molar-refractivity contribution in [1.82, 2.24) is 10.2 Å². The SMILES string of the molecule is CC[C@@H](C(=O)NCC(C)C)N(Cc1ccc(Cl)c(Cl)c1)C(=O)COc1cc(C)c(Cl)c(C)c1. The molecular weight excluding hydrogens is 483 g/mol. The third kappa shape index (κ3) is 7.80. The van der Waals surface area contributed by atoms with Crippen LogP contribution in [0.2, 0.25) is 15.1 Å². The zero-order valence-electron chi connectivity index (χ0n) is 19.7. The van der Waals surface area contributed by atoms with Crippen molar-refractivity contribution in [2.75, 3.05) is 13.2 Å². The minimum Gasteiger partial charge on any atom is -0.484 e. The highest BCUT2D eigenvalue weighted by atomic mass is 35.5. The Balaban J connectivity index is 2.26. The minimum atomic E-state index is -0.650. The average molecular weight is 514 g/mol. The molecule has 1 atom stereocenters. The van der Waals surface area contributed by atoms with Gasteiger partial charge in [-0.25, -0.2) is 0 Å². The van der Waals surface area contributed by atoms with Crippen molar-refractivity contribution in [2.45, 2.75) is 53.6 Å². The number of halogens is 3. The summed E-state index contributed by atoms with van der Waals surface area (Å²) in [5.74, 6) is 0.343. The second-order valence-electron chi connectivity index (χ2n) is 8.49. The molecule has 0 bridgehead atoms. The summed E-state index contributed by atoms with van der Waals surface area (Å²) in [5.41, 5.74) is 2.50. The molecule has 2 amide bonds. The molecule has 33 heavy (non-hydrogen) atoms. The Bertz CT molecular complexity index is 972. The van der Waals surface area contributed by atoms with E-state index in [1.54, 1.807) is 30.3 Å². The van der Waals surface area contributed by atoms with Crippen LogP contribution in [0.4, 0.5) is 0 Å². The summed E-state index contributed by atoms with van der Waals surface area (Å²) in [6, 6.07) is 8.10. The van der Waals surface area contributed by atoms with Crippen molar-refractivity contribution in [1.29, 1.82) is 0 Å². The van der Waals surface area contributed by atoms with Gasteiger partial charge in [0.1, 0.15) is 11.8 Å². The number of hydrogen-bond donors (Lipinski definition) is 1. The van der Waals surface area contributed by atoms with Crippen LogP contribution in [-0.4, -0.2) is 35.9 Å². The molecule has 0 radical (unpaired) electrons. The number of rotatable bonds is 10. The molecule has 0 heterocycles. The van der Waals surface area contributed by atoms with Crippen molar-refractivity contribution in [3.63, 3.8) is 0 Å². The first kappa shape index (κ1) is 27.3. The van der Waals surface area contributed by atoms with E-state index >= 15 is 0 Å². The highest BCUT2D eigenvalue weighted by molar-refractivity contribution is 6.42. The molecule has 2 aromatic rings. The van der Waals surface area contributed by atoms with Crippen LogP contribution in [0.5, 0.6) is 5.75 Å². The molecule has 8 heteroatoms. The first-order valence-electron chi connectivity index (χ1n) is 10.9. The third-order valence-electron chi connectivity index (χ3n) is 5.18. The molecule has 0 aliphatic heterocycles. The lowest BCUT2D eigenvalue weighted by Crippen LogP contribution is -2.50. The highest BCUT2D eigenvalue weighted by Gasteiger charge is 2.29. The Labute approximate surface area is 211 Å². The molecule has 0 saturated carbocycles. The number of nitrogens with zero attached hydrogens (tertiary/aromatic N) is 1. The topological polar surface area (TPSA) is 58.6 Å². The monoisotopic (exact) mass is 512 g/mol. The maximum Gasteiger partial charge on any atom is 0.261 e.